The average molecular weight is 306 g/mol. The minimum Gasteiger partial charge on any atom is -0.497 e. The molecule has 0 aliphatic heterocycles. The highest BCUT2D eigenvalue weighted by atomic mass is 16.5. The van der Waals surface area contributed by atoms with Gasteiger partial charge in [-0.05, 0) is 12.1 Å². The SMILES string of the molecule is COc1ccc2c(c1)n1c(-c3ccccc3)nnc1c(=O)n2C. The van der Waals surface area contributed by atoms with Crippen molar-refractivity contribution in [1.82, 2.24) is 19.2 Å². The van der Waals surface area contributed by atoms with Crippen LogP contribution in [0.4, 0.5) is 0 Å². The molecule has 2 aromatic heterocycles. The topological polar surface area (TPSA) is 61.4 Å². The Morgan fingerprint density at radius 1 is 1.00 bits per heavy atom. The van der Waals surface area contributed by atoms with E-state index in [0.29, 0.717) is 17.2 Å². The van der Waals surface area contributed by atoms with Crippen LogP contribution in [0.1, 0.15) is 0 Å². The van der Waals surface area contributed by atoms with E-state index in [-0.39, 0.29) is 5.56 Å². The first-order valence-corrected chi connectivity index (χ1v) is 7.18. The first kappa shape index (κ1) is 13.5. The summed E-state index contributed by atoms with van der Waals surface area (Å²) in [5.41, 5.74) is 2.63. The normalized spacial score (nSPS) is 11.2. The minimum atomic E-state index is -0.183. The van der Waals surface area contributed by atoms with Crippen LogP contribution in [0.2, 0.25) is 0 Å². The van der Waals surface area contributed by atoms with E-state index in [1.807, 2.05) is 48.5 Å². The fourth-order valence-electron chi connectivity index (χ4n) is 2.78. The molecule has 6 heteroatoms. The van der Waals surface area contributed by atoms with Crippen LogP contribution in [0, 0.1) is 0 Å². The lowest BCUT2D eigenvalue weighted by Crippen LogP contribution is -2.20. The summed E-state index contributed by atoms with van der Waals surface area (Å²) in [5, 5.41) is 8.33. The zero-order chi connectivity index (χ0) is 16.0. The summed E-state index contributed by atoms with van der Waals surface area (Å²) in [7, 11) is 3.35. The Labute approximate surface area is 131 Å². The fourth-order valence-corrected chi connectivity index (χ4v) is 2.78. The number of ether oxygens (including phenoxy) is 1. The smallest absolute Gasteiger partial charge is 0.296 e. The van der Waals surface area contributed by atoms with Gasteiger partial charge in [-0.1, -0.05) is 30.3 Å². The predicted octanol–water partition coefficient (Wildman–Crippen LogP) is 2.26. The first-order valence-electron chi connectivity index (χ1n) is 7.18. The van der Waals surface area contributed by atoms with Crippen LogP contribution in [0.3, 0.4) is 0 Å². The van der Waals surface area contributed by atoms with Crippen LogP contribution in [0.5, 0.6) is 5.75 Å². The molecule has 23 heavy (non-hydrogen) atoms. The van der Waals surface area contributed by atoms with E-state index >= 15 is 0 Å². The highest BCUT2D eigenvalue weighted by Crippen LogP contribution is 2.24. The Kier molecular flexibility index (Phi) is 2.90. The summed E-state index contributed by atoms with van der Waals surface area (Å²) >= 11 is 0. The molecule has 6 nitrogen and oxygen atoms in total. The lowest BCUT2D eigenvalue weighted by molar-refractivity contribution is 0.415. The molecule has 0 N–H and O–H groups in total. The molecule has 0 unspecified atom stereocenters. The van der Waals surface area contributed by atoms with Crippen molar-refractivity contribution in [3.63, 3.8) is 0 Å². The van der Waals surface area contributed by atoms with E-state index < -0.39 is 0 Å². The number of benzene rings is 2. The van der Waals surface area contributed by atoms with Crippen LogP contribution in [0.15, 0.2) is 53.3 Å². The van der Waals surface area contributed by atoms with Gasteiger partial charge < -0.3 is 9.30 Å². The van der Waals surface area contributed by atoms with E-state index in [9.17, 15) is 4.79 Å². The van der Waals surface area contributed by atoms with Crippen LogP contribution in [0.25, 0.3) is 28.1 Å². The second-order valence-electron chi connectivity index (χ2n) is 5.27. The maximum Gasteiger partial charge on any atom is 0.296 e. The van der Waals surface area contributed by atoms with Crippen molar-refractivity contribution < 1.29 is 4.74 Å². The molecular formula is C17H14N4O2. The molecule has 114 valence electrons. The third-order valence-electron chi connectivity index (χ3n) is 3.98. The summed E-state index contributed by atoms with van der Waals surface area (Å²) in [6, 6.07) is 15.3. The third kappa shape index (κ3) is 1.92. The number of nitrogens with zero attached hydrogens (tertiary/aromatic N) is 4. The number of aromatic nitrogens is 4. The molecule has 0 bridgehead atoms. The Morgan fingerprint density at radius 2 is 1.78 bits per heavy atom. The molecule has 4 aromatic rings. The summed E-state index contributed by atoms with van der Waals surface area (Å²) in [4.78, 5) is 12.5. The van der Waals surface area contributed by atoms with Gasteiger partial charge in [0, 0.05) is 18.7 Å². The van der Waals surface area contributed by atoms with E-state index in [0.717, 1.165) is 16.6 Å². The molecule has 0 radical (unpaired) electrons. The second kappa shape index (κ2) is 4.95. The molecule has 0 saturated carbocycles. The Balaban J connectivity index is 2.21. The van der Waals surface area contributed by atoms with Crippen LogP contribution < -0.4 is 10.3 Å². The van der Waals surface area contributed by atoms with E-state index in [2.05, 4.69) is 10.2 Å². The molecule has 0 atom stereocenters. The molecule has 2 aromatic carbocycles. The van der Waals surface area contributed by atoms with Crippen molar-refractivity contribution in [2.45, 2.75) is 0 Å². The maximum atomic E-state index is 12.5. The molecule has 4 rings (SSSR count). The van der Waals surface area contributed by atoms with E-state index in [4.69, 9.17) is 4.74 Å². The summed E-state index contributed by atoms with van der Waals surface area (Å²) in [6.45, 7) is 0. The summed E-state index contributed by atoms with van der Waals surface area (Å²) in [6.07, 6.45) is 0. The highest BCUT2D eigenvalue weighted by Gasteiger charge is 2.16. The number of rotatable bonds is 2. The molecular weight excluding hydrogens is 292 g/mol. The third-order valence-corrected chi connectivity index (χ3v) is 3.98. The lowest BCUT2D eigenvalue weighted by atomic mass is 10.2. The lowest BCUT2D eigenvalue weighted by Gasteiger charge is -2.10. The number of hydrogen-bond acceptors (Lipinski definition) is 4. The van der Waals surface area contributed by atoms with Gasteiger partial charge in [-0.2, -0.15) is 0 Å². The standard InChI is InChI=1S/C17H14N4O2/c1-20-13-9-8-12(23-2)10-14(13)21-15(11-6-4-3-5-7-11)18-19-16(21)17(20)22/h3-10H,1-2H3. The maximum absolute atomic E-state index is 12.5. The Hall–Kier alpha value is -3.15. The largest absolute Gasteiger partial charge is 0.497 e. The molecule has 0 aliphatic carbocycles. The number of fused-ring (bicyclic) bond motifs is 3. The predicted molar refractivity (Wildman–Crippen MR) is 87.7 cm³/mol. The zero-order valence-corrected chi connectivity index (χ0v) is 12.7. The molecule has 0 saturated heterocycles. The van der Waals surface area contributed by atoms with Crippen LogP contribution in [-0.4, -0.2) is 26.3 Å². The zero-order valence-electron chi connectivity index (χ0n) is 12.7. The van der Waals surface area contributed by atoms with Gasteiger partial charge in [0.1, 0.15) is 5.75 Å². The van der Waals surface area contributed by atoms with E-state index in [1.165, 1.54) is 0 Å². The summed E-state index contributed by atoms with van der Waals surface area (Å²) < 4.78 is 8.69. The van der Waals surface area contributed by atoms with Gasteiger partial charge in [-0.3, -0.25) is 9.20 Å². The highest BCUT2D eigenvalue weighted by molar-refractivity contribution is 5.82. The Morgan fingerprint density at radius 3 is 2.52 bits per heavy atom. The van der Waals surface area contributed by atoms with Crippen LogP contribution >= 0.6 is 0 Å². The molecule has 2 heterocycles. The van der Waals surface area contributed by atoms with Gasteiger partial charge in [-0.25, -0.2) is 0 Å². The molecule has 0 spiro atoms. The quantitative estimate of drug-likeness (QED) is 0.570. The molecule has 0 amide bonds. The van der Waals surface area contributed by atoms with Gasteiger partial charge in [0.05, 0.1) is 18.1 Å². The van der Waals surface area contributed by atoms with Gasteiger partial charge >= 0.3 is 0 Å². The summed E-state index contributed by atoms with van der Waals surface area (Å²) in [5.74, 6) is 1.35. The monoisotopic (exact) mass is 306 g/mol. The minimum absolute atomic E-state index is 0.183. The van der Waals surface area contributed by atoms with Gasteiger partial charge in [-0.15, -0.1) is 10.2 Å². The second-order valence-corrected chi connectivity index (χ2v) is 5.27. The van der Waals surface area contributed by atoms with Crippen molar-refractivity contribution in [3.05, 3.63) is 58.9 Å². The van der Waals surface area contributed by atoms with Crippen molar-refractivity contribution in [1.29, 1.82) is 0 Å². The Bertz CT molecular complexity index is 1080. The first-order chi connectivity index (χ1) is 11.2. The number of methoxy groups -OCH3 is 1. The van der Waals surface area contributed by atoms with Gasteiger partial charge in [0.15, 0.2) is 5.82 Å². The molecule has 0 fully saturated rings. The fraction of sp³-hybridized carbons (Fsp3) is 0.118. The van der Waals surface area contributed by atoms with Crippen molar-refractivity contribution in [2.75, 3.05) is 7.11 Å². The van der Waals surface area contributed by atoms with Crippen LogP contribution in [-0.2, 0) is 7.05 Å². The average Bonchev–Trinajstić information content (AvgIpc) is 3.05. The van der Waals surface area contributed by atoms with Gasteiger partial charge in [0.25, 0.3) is 5.56 Å². The van der Waals surface area contributed by atoms with Gasteiger partial charge in [0.2, 0.25) is 5.65 Å². The van der Waals surface area contributed by atoms with Crippen molar-refractivity contribution >= 4 is 16.7 Å². The number of aryl methyl sites for hydroxylation is 1. The van der Waals surface area contributed by atoms with Crippen molar-refractivity contribution in [3.8, 4) is 17.1 Å². The van der Waals surface area contributed by atoms with Crippen molar-refractivity contribution in [2.24, 2.45) is 7.05 Å². The van der Waals surface area contributed by atoms with E-state index in [1.54, 1.807) is 23.1 Å². The molecule has 0 aliphatic rings. The number of hydrogen-bond donors (Lipinski definition) is 0.